The van der Waals surface area contributed by atoms with Crippen LogP contribution in [-0.2, 0) is 27.7 Å². The van der Waals surface area contributed by atoms with E-state index in [1.807, 2.05) is 32.9 Å². The van der Waals surface area contributed by atoms with Crippen LogP contribution < -0.4 is 5.14 Å². The Morgan fingerprint density at radius 2 is 2.00 bits per heavy atom. The Balaban J connectivity index is 2.15. The quantitative estimate of drug-likeness (QED) is 0.224. The summed E-state index contributed by atoms with van der Waals surface area (Å²) in [5, 5.41) is 5.61. The van der Waals surface area contributed by atoms with Crippen molar-refractivity contribution in [3.05, 3.63) is 58.5 Å². The molecule has 0 aliphatic heterocycles. The number of imidazole rings is 1. The van der Waals surface area contributed by atoms with Gasteiger partial charge in [-0.15, -0.1) is 11.3 Å². The first-order valence-corrected chi connectivity index (χ1v) is 13.9. The number of aromatic nitrogens is 2. The zero-order chi connectivity index (χ0) is 25.8. The Bertz CT molecular complexity index is 1320. The van der Waals surface area contributed by atoms with Gasteiger partial charge in [0.25, 0.3) is 0 Å². The van der Waals surface area contributed by atoms with Gasteiger partial charge in [-0.3, -0.25) is 4.79 Å². The van der Waals surface area contributed by atoms with Crippen LogP contribution >= 0.6 is 11.3 Å². The van der Waals surface area contributed by atoms with Gasteiger partial charge in [-0.2, -0.15) is 0 Å². The minimum atomic E-state index is -4.11. The Morgan fingerprint density at radius 1 is 1.26 bits per heavy atom. The average Bonchev–Trinajstić information content (AvgIpc) is 3.38. The molecule has 2 N–H and O–H groups in total. The van der Waals surface area contributed by atoms with Gasteiger partial charge in [0.1, 0.15) is 4.21 Å². The molecule has 0 saturated carbocycles. The lowest BCUT2D eigenvalue weighted by atomic mass is 9.98. The van der Waals surface area contributed by atoms with E-state index in [0.717, 1.165) is 23.3 Å². The highest BCUT2D eigenvalue weighted by molar-refractivity contribution is 7.91. The number of benzene rings is 1. The number of sulfonamides is 1. The third-order valence-corrected chi connectivity index (χ3v) is 8.01. The van der Waals surface area contributed by atoms with Gasteiger partial charge < -0.3 is 9.30 Å². The van der Waals surface area contributed by atoms with Gasteiger partial charge in [0.15, 0.2) is 11.6 Å². The topological polar surface area (TPSA) is 121 Å². The van der Waals surface area contributed by atoms with Crippen LogP contribution in [0.15, 0.2) is 40.9 Å². The van der Waals surface area contributed by atoms with Crippen molar-refractivity contribution in [3.8, 4) is 11.1 Å². The number of nitrogens with two attached hydrogens (primary N) is 1. The third kappa shape index (κ3) is 6.45. The number of Topliss-reactive ketones (excluding diaryl/α,β-unsaturated/α-hetero) is 1. The molecular formula is C25H31N3O5S2. The van der Waals surface area contributed by atoms with Crippen LogP contribution in [0.25, 0.3) is 11.1 Å². The second-order valence-corrected chi connectivity index (χ2v) is 11.7. The molecule has 2 heterocycles. The molecule has 2 aromatic heterocycles. The highest BCUT2D eigenvalue weighted by Crippen LogP contribution is 2.41. The Labute approximate surface area is 210 Å². The van der Waals surface area contributed by atoms with Gasteiger partial charge in [0.05, 0.1) is 12.2 Å². The number of thiophene rings is 1. The maximum absolute atomic E-state index is 13.2. The van der Waals surface area contributed by atoms with E-state index < -0.39 is 16.0 Å². The van der Waals surface area contributed by atoms with E-state index in [1.165, 1.54) is 6.92 Å². The van der Waals surface area contributed by atoms with Crippen LogP contribution in [0.4, 0.5) is 0 Å². The fraction of sp³-hybridized carbons (Fsp3) is 0.400. The zero-order valence-electron chi connectivity index (χ0n) is 20.4. The first kappa shape index (κ1) is 26.8. The van der Waals surface area contributed by atoms with Crippen molar-refractivity contribution in [2.75, 3.05) is 6.61 Å². The van der Waals surface area contributed by atoms with E-state index in [4.69, 9.17) is 9.88 Å². The van der Waals surface area contributed by atoms with Crippen molar-refractivity contribution in [2.45, 2.75) is 57.7 Å². The molecule has 0 spiro atoms. The molecule has 0 atom stereocenters. The van der Waals surface area contributed by atoms with Gasteiger partial charge in [0, 0.05) is 36.3 Å². The highest BCUT2D eigenvalue weighted by Gasteiger charge is 2.31. The minimum absolute atomic E-state index is 0.0557. The predicted molar refractivity (Wildman–Crippen MR) is 136 cm³/mol. The molecule has 0 aliphatic rings. The number of primary sulfonamides is 1. The molecule has 0 unspecified atom stereocenters. The number of ether oxygens (including phenoxy) is 1. The molecule has 3 rings (SSSR count). The summed E-state index contributed by atoms with van der Waals surface area (Å²) in [6.45, 7) is 8.06. The number of esters is 1. The summed E-state index contributed by atoms with van der Waals surface area (Å²) in [5.41, 5.74) is 1.89. The lowest BCUT2D eigenvalue weighted by Crippen LogP contribution is -2.13. The molecule has 0 aliphatic carbocycles. The molecule has 35 heavy (non-hydrogen) atoms. The monoisotopic (exact) mass is 517 g/mol. The van der Waals surface area contributed by atoms with Crippen molar-refractivity contribution < 1.29 is 22.7 Å². The summed E-state index contributed by atoms with van der Waals surface area (Å²) < 4.78 is 32.4. The van der Waals surface area contributed by atoms with E-state index in [9.17, 15) is 18.0 Å². The molecular weight excluding hydrogens is 486 g/mol. The molecule has 1 aromatic carbocycles. The number of carbonyl (C=O) groups is 2. The summed E-state index contributed by atoms with van der Waals surface area (Å²) >= 11 is 1.03. The molecule has 0 radical (unpaired) electrons. The van der Waals surface area contributed by atoms with Crippen LogP contribution in [0.3, 0.4) is 0 Å². The molecule has 0 amide bonds. The van der Waals surface area contributed by atoms with E-state index in [1.54, 1.807) is 29.1 Å². The van der Waals surface area contributed by atoms with Crippen LogP contribution in [0, 0.1) is 5.92 Å². The summed E-state index contributed by atoms with van der Waals surface area (Å²) in [5.74, 6) is -0.185. The first-order chi connectivity index (χ1) is 16.5. The standard InChI is InChI=1S/C25H31N3O5S2/c1-5-6-12-33-24(30)22-20(13-16(2)3)34-25(35(26,31)32)21(22)19-9-7-8-18(14-19)15-28-11-10-27-23(28)17(4)29/h7-11,14,16H,5-6,12-13,15H2,1-4H3,(H2,26,31,32). The van der Waals surface area contributed by atoms with Gasteiger partial charge in [-0.05, 0) is 36.0 Å². The zero-order valence-corrected chi connectivity index (χ0v) is 22.0. The maximum atomic E-state index is 13.2. The lowest BCUT2D eigenvalue weighted by molar-refractivity contribution is 0.0499. The van der Waals surface area contributed by atoms with Crippen LogP contribution in [-0.4, -0.2) is 36.3 Å². The second-order valence-electron chi connectivity index (χ2n) is 8.83. The number of carbonyl (C=O) groups excluding carboxylic acids is 2. The fourth-order valence-electron chi connectivity index (χ4n) is 3.80. The van der Waals surface area contributed by atoms with E-state index in [0.29, 0.717) is 35.7 Å². The average molecular weight is 518 g/mol. The summed E-state index contributed by atoms with van der Waals surface area (Å²) in [6, 6.07) is 7.21. The van der Waals surface area contributed by atoms with Crippen molar-refractivity contribution in [2.24, 2.45) is 11.1 Å². The Hall–Kier alpha value is -2.82. The van der Waals surface area contributed by atoms with Gasteiger partial charge in [-0.1, -0.05) is 45.4 Å². The fourth-order valence-corrected chi connectivity index (χ4v) is 6.32. The molecule has 0 saturated heterocycles. The Morgan fingerprint density at radius 3 is 2.63 bits per heavy atom. The molecule has 10 heteroatoms. The Kier molecular flexibility index (Phi) is 8.63. The molecule has 188 valence electrons. The van der Waals surface area contributed by atoms with Gasteiger partial charge in [-0.25, -0.2) is 23.3 Å². The number of unbranched alkanes of at least 4 members (excludes halogenated alkanes) is 1. The van der Waals surface area contributed by atoms with Crippen molar-refractivity contribution in [3.63, 3.8) is 0 Å². The van der Waals surface area contributed by atoms with Crippen LogP contribution in [0.5, 0.6) is 0 Å². The van der Waals surface area contributed by atoms with Crippen LogP contribution in [0.1, 0.15) is 72.0 Å². The molecule has 0 bridgehead atoms. The number of rotatable bonds is 11. The first-order valence-electron chi connectivity index (χ1n) is 11.5. The summed E-state index contributed by atoms with van der Waals surface area (Å²) in [6.07, 6.45) is 5.36. The largest absolute Gasteiger partial charge is 0.462 e. The van der Waals surface area contributed by atoms with Gasteiger partial charge in [0.2, 0.25) is 10.0 Å². The second kappa shape index (κ2) is 11.3. The smallest absolute Gasteiger partial charge is 0.339 e. The number of nitrogens with zero attached hydrogens (tertiary/aromatic N) is 2. The maximum Gasteiger partial charge on any atom is 0.339 e. The molecule has 0 fully saturated rings. The van der Waals surface area contributed by atoms with E-state index >= 15 is 0 Å². The van der Waals surface area contributed by atoms with Crippen LogP contribution in [0.2, 0.25) is 0 Å². The van der Waals surface area contributed by atoms with Crippen molar-refractivity contribution >= 4 is 33.1 Å². The van der Waals surface area contributed by atoms with Gasteiger partial charge >= 0.3 is 5.97 Å². The van der Waals surface area contributed by atoms with E-state index in [2.05, 4.69) is 4.98 Å². The number of hydrogen-bond acceptors (Lipinski definition) is 7. The minimum Gasteiger partial charge on any atom is -0.462 e. The third-order valence-electron chi connectivity index (χ3n) is 5.34. The molecule has 3 aromatic rings. The summed E-state index contributed by atoms with van der Waals surface area (Å²) in [4.78, 5) is 29.8. The normalized spacial score (nSPS) is 11.7. The highest BCUT2D eigenvalue weighted by atomic mass is 32.2. The number of hydrogen-bond donors (Lipinski definition) is 1. The summed E-state index contributed by atoms with van der Waals surface area (Å²) in [7, 11) is -4.11. The van der Waals surface area contributed by atoms with Crippen molar-refractivity contribution in [1.82, 2.24) is 9.55 Å². The lowest BCUT2D eigenvalue weighted by Gasteiger charge is -2.12. The van der Waals surface area contributed by atoms with E-state index in [-0.39, 0.29) is 33.6 Å². The van der Waals surface area contributed by atoms with Crippen molar-refractivity contribution in [1.29, 1.82) is 0 Å². The predicted octanol–water partition coefficient (Wildman–Crippen LogP) is 4.67. The molecule has 8 nitrogen and oxygen atoms in total. The SMILES string of the molecule is CCCCOC(=O)c1c(CC(C)C)sc(S(N)(=O)=O)c1-c1cccc(Cn2ccnc2C(C)=O)c1. The number of ketones is 1.